The Bertz CT molecular complexity index is 435. The molecule has 3 N–H and O–H groups in total. The lowest BCUT2D eigenvalue weighted by Crippen LogP contribution is -2.01. The normalized spacial score (nSPS) is 10.2. The number of nitrogens with zero attached hydrogens (tertiary/aromatic N) is 2. The van der Waals surface area contributed by atoms with Crippen molar-refractivity contribution in [3.8, 4) is 0 Å². The molecular formula is C10H12N4S. The van der Waals surface area contributed by atoms with E-state index in [1.54, 1.807) is 17.5 Å². The maximum atomic E-state index is 5.54. The van der Waals surface area contributed by atoms with E-state index in [2.05, 4.69) is 15.3 Å². The van der Waals surface area contributed by atoms with E-state index >= 15 is 0 Å². The molecule has 5 heteroatoms. The molecule has 0 unspecified atom stereocenters. The molecule has 0 saturated carbocycles. The van der Waals surface area contributed by atoms with Gasteiger partial charge in [0, 0.05) is 11.1 Å². The Hall–Kier alpha value is -1.62. The summed E-state index contributed by atoms with van der Waals surface area (Å²) in [6.07, 6.45) is 1.63. The highest BCUT2D eigenvalue weighted by molar-refractivity contribution is 7.09. The average molecular weight is 220 g/mol. The number of anilines is 2. The summed E-state index contributed by atoms with van der Waals surface area (Å²) in [4.78, 5) is 8.49. The van der Waals surface area contributed by atoms with Crippen molar-refractivity contribution in [3.63, 3.8) is 0 Å². The summed E-state index contributed by atoms with van der Waals surface area (Å²) in [6, 6.07) is 3.68. The SMILES string of the molecule is Cc1csc(CNc2ccc(N)cn2)n1. The van der Waals surface area contributed by atoms with Crippen LogP contribution in [0.4, 0.5) is 11.5 Å². The zero-order valence-electron chi connectivity index (χ0n) is 8.40. The molecule has 0 amide bonds. The van der Waals surface area contributed by atoms with Gasteiger partial charge in [-0.1, -0.05) is 0 Å². The first-order valence-electron chi connectivity index (χ1n) is 4.60. The van der Waals surface area contributed by atoms with Gasteiger partial charge in [0.15, 0.2) is 0 Å². The van der Waals surface area contributed by atoms with Crippen LogP contribution in [0.2, 0.25) is 0 Å². The van der Waals surface area contributed by atoms with Gasteiger partial charge in [-0.2, -0.15) is 0 Å². The van der Waals surface area contributed by atoms with E-state index in [9.17, 15) is 0 Å². The second-order valence-corrected chi connectivity index (χ2v) is 4.16. The highest BCUT2D eigenvalue weighted by Gasteiger charge is 1.98. The van der Waals surface area contributed by atoms with Crippen molar-refractivity contribution < 1.29 is 0 Å². The van der Waals surface area contributed by atoms with Crippen LogP contribution in [0.3, 0.4) is 0 Å². The van der Waals surface area contributed by atoms with Crippen molar-refractivity contribution in [2.75, 3.05) is 11.1 Å². The Morgan fingerprint density at radius 1 is 1.47 bits per heavy atom. The van der Waals surface area contributed by atoms with Crippen LogP contribution in [0.25, 0.3) is 0 Å². The summed E-state index contributed by atoms with van der Waals surface area (Å²) < 4.78 is 0. The lowest BCUT2D eigenvalue weighted by molar-refractivity contribution is 1.06. The predicted molar refractivity (Wildman–Crippen MR) is 62.8 cm³/mol. The number of nitrogen functional groups attached to an aromatic ring is 1. The topological polar surface area (TPSA) is 63.8 Å². The van der Waals surface area contributed by atoms with Crippen LogP contribution in [0.5, 0.6) is 0 Å². The number of hydrogen-bond donors (Lipinski definition) is 2. The number of aromatic nitrogens is 2. The predicted octanol–water partition coefficient (Wildman–Crippen LogP) is 2.04. The van der Waals surface area contributed by atoms with Gasteiger partial charge in [-0.05, 0) is 19.1 Å². The Morgan fingerprint density at radius 3 is 2.93 bits per heavy atom. The summed E-state index contributed by atoms with van der Waals surface area (Å²) in [6.45, 7) is 2.69. The lowest BCUT2D eigenvalue weighted by Gasteiger charge is -2.02. The van der Waals surface area contributed by atoms with Crippen LogP contribution < -0.4 is 11.1 Å². The quantitative estimate of drug-likeness (QED) is 0.830. The molecule has 15 heavy (non-hydrogen) atoms. The van der Waals surface area contributed by atoms with Crippen molar-refractivity contribution in [2.45, 2.75) is 13.5 Å². The van der Waals surface area contributed by atoms with Crippen LogP contribution >= 0.6 is 11.3 Å². The number of pyridine rings is 1. The van der Waals surface area contributed by atoms with Crippen LogP contribution in [0.1, 0.15) is 10.7 Å². The monoisotopic (exact) mass is 220 g/mol. The van der Waals surface area contributed by atoms with E-state index in [-0.39, 0.29) is 0 Å². The lowest BCUT2D eigenvalue weighted by atomic mass is 10.4. The molecule has 2 rings (SSSR count). The number of aryl methyl sites for hydroxylation is 1. The van der Waals surface area contributed by atoms with Gasteiger partial charge in [0.25, 0.3) is 0 Å². The van der Waals surface area contributed by atoms with E-state index in [0.717, 1.165) is 16.5 Å². The number of thiazole rings is 1. The highest BCUT2D eigenvalue weighted by Crippen LogP contribution is 2.11. The van der Waals surface area contributed by atoms with Gasteiger partial charge in [0.1, 0.15) is 10.8 Å². The van der Waals surface area contributed by atoms with Gasteiger partial charge >= 0.3 is 0 Å². The zero-order valence-corrected chi connectivity index (χ0v) is 9.21. The molecule has 0 fully saturated rings. The van der Waals surface area contributed by atoms with E-state index in [0.29, 0.717) is 12.2 Å². The van der Waals surface area contributed by atoms with E-state index in [1.165, 1.54) is 0 Å². The molecule has 0 bridgehead atoms. The number of hydrogen-bond acceptors (Lipinski definition) is 5. The van der Waals surface area contributed by atoms with Gasteiger partial charge in [-0.25, -0.2) is 9.97 Å². The first-order valence-corrected chi connectivity index (χ1v) is 5.48. The molecule has 78 valence electrons. The molecule has 2 heterocycles. The molecule has 0 atom stereocenters. The van der Waals surface area contributed by atoms with Crippen LogP contribution in [-0.4, -0.2) is 9.97 Å². The molecule has 0 spiro atoms. The summed E-state index contributed by atoms with van der Waals surface area (Å²) in [5, 5.41) is 6.28. The van der Waals surface area contributed by atoms with Crippen molar-refractivity contribution in [1.29, 1.82) is 0 Å². The molecule has 2 aromatic heterocycles. The van der Waals surface area contributed by atoms with E-state index in [1.807, 2.05) is 24.4 Å². The van der Waals surface area contributed by atoms with Crippen LogP contribution in [0, 0.1) is 6.92 Å². The largest absolute Gasteiger partial charge is 0.397 e. The van der Waals surface area contributed by atoms with Crippen molar-refractivity contribution in [1.82, 2.24) is 9.97 Å². The second-order valence-electron chi connectivity index (χ2n) is 3.21. The minimum atomic E-state index is 0.672. The molecular weight excluding hydrogens is 208 g/mol. The maximum absolute atomic E-state index is 5.54. The first-order chi connectivity index (χ1) is 7.24. The minimum absolute atomic E-state index is 0.672. The standard InChI is InChI=1S/C10H12N4S/c1-7-6-15-10(14-7)5-13-9-3-2-8(11)4-12-9/h2-4,6H,5,11H2,1H3,(H,12,13). The van der Waals surface area contributed by atoms with E-state index in [4.69, 9.17) is 5.73 Å². The number of nitrogens with one attached hydrogen (secondary N) is 1. The summed E-state index contributed by atoms with van der Waals surface area (Å²) >= 11 is 1.65. The molecule has 0 aliphatic rings. The third-order valence-corrected chi connectivity index (χ3v) is 2.84. The third kappa shape index (κ3) is 2.66. The first kappa shape index (κ1) is 9.92. The van der Waals surface area contributed by atoms with Crippen LogP contribution in [-0.2, 0) is 6.54 Å². The highest BCUT2D eigenvalue weighted by atomic mass is 32.1. The summed E-state index contributed by atoms with van der Waals surface area (Å²) in [7, 11) is 0. The Labute approximate surface area is 92.2 Å². The molecule has 4 nitrogen and oxygen atoms in total. The maximum Gasteiger partial charge on any atom is 0.126 e. The van der Waals surface area contributed by atoms with Crippen molar-refractivity contribution in [3.05, 3.63) is 34.4 Å². The summed E-state index contributed by atoms with van der Waals surface area (Å²) in [5.41, 5.74) is 7.27. The Balaban J connectivity index is 1.96. The molecule has 2 aromatic rings. The minimum Gasteiger partial charge on any atom is -0.397 e. The number of rotatable bonds is 3. The zero-order chi connectivity index (χ0) is 10.7. The molecule has 0 aromatic carbocycles. The fourth-order valence-corrected chi connectivity index (χ4v) is 1.87. The van der Waals surface area contributed by atoms with Crippen molar-refractivity contribution >= 4 is 22.8 Å². The fourth-order valence-electron chi connectivity index (χ4n) is 1.16. The van der Waals surface area contributed by atoms with Crippen molar-refractivity contribution in [2.24, 2.45) is 0 Å². The molecule has 0 radical (unpaired) electrons. The molecule has 0 saturated heterocycles. The van der Waals surface area contributed by atoms with E-state index < -0.39 is 0 Å². The van der Waals surface area contributed by atoms with Gasteiger partial charge in [0.05, 0.1) is 18.4 Å². The van der Waals surface area contributed by atoms with Gasteiger partial charge < -0.3 is 11.1 Å². The molecule has 0 aliphatic carbocycles. The Kier molecular flexibility index (Phi) is 2.82. The third-order valence-electron chi connectivity index (χ3n) is 1.87. The van der Waals surface area contributed by atoms with Gasteiger partial charge in [-0.15, -0.1) is 11.3 Å². The Morgan fingerprint density at radius 2 is 2.33 bits per heavy atom. The molecule has 0 aliphatic heterocycles. The van der Waals surface area contributed by atoms with Crippen LogP contribution in [0.15, 0.2) is 23.7 Å². The number of nitrogens with two attached hydrogens (primary N) is 1. The average Bonchev–Trinajstić information content (AvgIpc) is 2.64. The fraction of sp³-hybridized carbons (Fsp3) is 0.200. The summed E-state index contributed by atoms with van der Waals surface area (Å²) in [5.74, 6) is 0.817. The van der Waals surface area contributed by atoms with Gasteiger partial charge in [0.2, 0.25) is 0 Å². The van der Waals surface area contributed by atoms with Gasteiger partial charge in [-0.3, -0.25) is 0 Å². The second kappa shape index (κ2) is 4.27. The smallest absolute Gasteiger partial charge is 0.126 e.